The first-order valence-corrected chi connectivity index (χ1v) is 5.68. The van der Waals surface area contributed by atoms with Crippen LogP contribution in [0, 0.1) is 11.3 Å². The van der Waals surface area contributed by atoms with Gasteiger partial charge in [-0.05, 0) is 31.5 Å². The molecule has 0 spiro atoms. The molecule has 0 aliphatic carbocycles. The molecule has 0 fully saturated rings. The van der Waals surface area contributed by atoms with E-state index in [0.717, 1.165) is 5.56 Å². The fourth-order valence-electron chi connectivity index (χ4n) is 1.23. The van der Waals surface area contributed by atoms with E-state index in [9.17, 15) is 0 Å². The minimum Gasteiger partial charge on any atom is -0.497 e. The summed E-state index contributed by atoms with van der Waals surface area (Å²) >= 11 is 0. The van der Waals surface area contributed by atoms with Crippen LogP contribution < -0.4 is 9.47 Å². The van der Waals surface area contributed by atoms with Crippen LogP contribution >= 0.6 is 0 Å². The lowest BCUT2D eigenvalue weighted by molar-refractivity contribution is 0.392. The number of hydrogen-bond donors (Lipinski definition) is 0. The fourth-order valence-corrected chi connectivity index (χ4v) is 1.23. The molecule has 3 heteroatoms. The van der Waals surface area contributed by atoms with Gasteiger partial charge in [0.25, 0.3) is 0 Å². The van der Waals surface area contributed by atoms with E-state index in [1.54, 1.807) is 20.3 Å². The highest BCUT2D eigenvalue weighted by molar-refractivity contribution is 5.43. The van der Waals surface area contributed by atoms with Gasteiger partial charge >= 0.3 is 0 Å². The van der Waals surface area contributed by atoms with Crippen molar-refractivity contribution < 1.29 is 9.47 Å². The summed E-state index contributed by atoms with van der Waals surface area (Å²) in [5.74, 6) is 1.40. The summed E-state index contributed by atoms with van der Waals surface area (Å²) in [6.07, 6.45) is 0. The van der Waals surface area contributed by atoms with E-state index in [4.69, 9.17) is 14.7 Å². The lowest BCUT2D eigenvalue weighted by Crippen LogP contribution is -2.14. The minimum absolute atomic E-state index is 0.540. The molecule has 0 N–H and O–H groups in total. The third kappa shape index (κ3) is 3.99. The second-order valence-corrected chi connectivity index (χ2v) is 3.84. The van der Waals surface area contributed by atoms with Crippen LogP contribution in [-0.4, -0.2) is 14.2 Å². The Morgan fingerprint density at radius 2 is 1.41 bits per heavy atom. The van der Waals surface area contributed by atoms with Crippen molar-refractivity contribution in [2.24, 2.45) is 0 Å². The highest BCUT2D eigenvalue weighted by Crippen LogP contribution is 2.30. The predicted molar refractivity (Wildman–Crippen MR) is 69.5 cm³/mol. The van der Waals surface area contributed by atoms with E-state index >= 15 is 0 Å². The summed E-state index contributed by atoms with van der Waals surface area (Å²) in [6, 6.07) is 7.74. The summed E-state index contributed by atoms with van der Waals surface area (Å²) in [5, 5.41) is 9.04. The molecule has 0 aliphatic heterocycles. The largest absolute Gasteiger partial charge is 0.497 e. The highest BCUT2D eigenvalue weighted by atomic mass is 16.5. The van der Waals surface area contributed by atoms with Crippen LogP contribution in [0.25, 0.3) is 0 Å². The molecule has 1 aromatic carbocycles. The third-order valence-corrected chi connectivity index (χ3v) is 2.35. The van der Waals surface area contributed by atoms with Crippen molar-refractivity contribution in [3.8, 4) is 17.6 Å². The van der Waals surface area contributed by atoms with Gasteiger partial charge in [-0.1, -0.05) is 13.8 Å². The Hall–Kier alpha value is -1.69. The normalized spacial score (nSPS) is 9.71. The Balaban J connectivity index is 0.00000121. The number of nitriles is 1. The Labute approximate surface area is 104 Å². The maximum atomic E-state index is 9.04. The van der Waals surface area contributed by atoms with Gasteiger partial charge in [0, 0.05) is 6.07 Å². The van der Waals surface area contributed by atoms with Crippen molar-refractivity contribution >= 4 is 0 Å². The van der Waals surface area contributed by atoms with Gasteiger partial charge in [-0.25, -0.2) is 0 Å². The smallest absolute Gasteiger partial charge is 0.122 e. The molecule has 3 nitrogen and oxygen atoms in total. The molecule has 0 heterocycles. The lowest BCUT2D eigenvalue weighted by Gasteiger charge is -2.17. The third-order valence-electron chi connectivity index (χ3n) is 2.35. The molecule has 0 saturated heterocycles. The van der Waals surface area contributed by atoms with Gasteiger partial charge in [0.05, 0.1) is 25.7 Å². The van der Waals surface area contributed by atoms with E-state index in [0.29, 0.717) is 11.5 Å². The molecule has 1 rings (SSSR count). The predicted octanol–water partition coefficient (Wildman–Crippen LogP) is 3.53. The molecule has 0 aromatic heterocycles. The molecule has 1 aromatic rings. The van der Waals surface area contributed by atoms with Crippen LogP contribution in [0.3, 0.4) is 0 Å². The molecular weight excluding hydrogens is 214 g/mol. The summed E-state index contributed by atoms with van der Waals surface area (Å²) in [6.45, 7) is 7.72. The number of benzene rings is 1. The average molecular weight is 235 g/mol. The van der Waals surface area contributed by atoms with Gasteiger partial charge in [0.15, 0.2) is 0 Å². The Morgan fingerprint density at radius 3 is 1.71 bits per heavy atom. The lowest BCUT2D eigenvalue weighted by atomic mass is 9.86. The Kier molecular flexibility index (Phi) is 6.12. The molecule has 0 bridgehead atoms. The quantitative estimate of drug-likeness (QED) is 0.804. The minimum atomic E-state index is -0.540. The number of methoxy groups -OCH3 is 2. The van der Waals surface area contributed by atoms with Gasteiger partial charge < -0.3 is 9.47 Å². The zero-order valence-corrected chi connectivity index (χ0v) is 11.5. The topological polar surface area (TPSA) is 42.2 Å². The first-order valence-electron chi connectivity index (χ1n) is 5.68. The summed E-state index contributed by atoms with van der Waals surface area (Å²) in [4.78, 5) is 0. The Bertz CT molecular complexity index is 369. The monoisotopic (exact) mass is 235 g/mol. The molecule has 0 radical (unpaired) electrons. The van der Waals surface area contributed by atoms with Crippen molar-refractivity contribution in [3.05, 3.63) is 23.8 Å². The molecule has 0 amide bonds. The van der Waals surface area contributed by atoms with Crippen LogP contribution in [0.2, 0.25) is 0 Å². The SMILES string of the molecule is CC.COc1cc(OC)cc(C(C)(C)C#N)c1. The van der Waals surface area contributed by atoms with Gasteiger partial charge in [-0.3, -0.25) is 0 Å². The zero-order chi connectivity index (χ0) is 13.5. The van der Waals surface area contributed by atoms with Gasteiger partial charge in [-0.15, -0.1) is 0 Å². The molecule has 94 valence electrons. The molecular formula is C14H21NO2. The second kappa shape index (κ2) is 6.80. The number of ether oxygens (including phenoxy) is 2. The molecule has 17 heavy (non-hydrogen) atoms. The van der Waals surface area contributed by atoms with Gasteiger partial charge in [-0.2, -0.15) is 5.26 Å². The molecule has 0 saturated carbocycles. The summed E-state index contributed by atoms with van der Waals surface area (Å²) in [5.41, 5.74) is 0.350. The standard InChI is InChI=1S/C12H15NO2.C2H6/c1-12(2,8-13)9-5-10(14-3)7-11(6-9)15-4;1-2/h5-7H,1-4H3;1-2H3. The first kappa shape index (κ1) is 15.3. The van der Waals surface area contributed by atoms with Crippen molar-refractivity contribution in [1.82, 2.24) is 0 Å². The number of hydrogen-bond acceptors (Lipinski definition) is 3. The zero-order valence-electron chi connectivity index (χ0n) is 11.5. The second-order valence-electron chi connectivity index (χ2n) is 3.84. The fraction of sp³-hybridized carbons (Fsp3) is 0.500. The van der Waals surface area contributed by atoms with E-state index in [1.807, 2.05) is 39.8 Å². The maximum Gasteiger partial charge on any atom is 0.122 e. The molecule has 0 aliphatic rings. The van der Waals surface area contributed by atoms with Crippen LogP contribution in [0.15, 0.2) is 18.2 Å². The summed E-state index contributed by atoms with van der Waals surface area (Å²) in [7, 11) is 3.19. The van der Waals surface area contributed by atoms with Crippen LogP contribution in [0.5, 0.6) is 11.5 Å². The van der Waals surface area contributed by atoms with Crippen molar-refractivity contribution in [1.29, 1.82) is 5.26 Å². The maximum absolute atomic E-state index is 9.04. The average Bonchev–Trinajstić information content (AvgIpc) is 2.40. The Morgan fingerprint density at radius 1 is 1.00 bits per heavy atom. The van der Waals surface area contributed by atoms with Gasteiger partial charge in [0.2, 0.25) is 0 Å². The van der Waals surface area contributed by atoms with Crippen molar-refractivity contribution in [2.75, 3.05) is 14.2 Å². The summed E-state index contributed by atoms with van der Waals surface area (Å²) < 4.78 is 10.3. The van der Waals surface area contributed by atoms with E-state index in [1.165, 1.54) is 0 Å². The van der Waals surface area contributed by atoms with E-state index in [-0.39, 0.29) is 0 Å². The number of nitrogens with zero attached hydrogens (tertiary/aromatic N) is 1. The van der Waals surface area contributed by atoms with Crippen molar-refractivity contribution in [2.45, 2.75) is 33.1 Å². The van der Waals surface area contributed by atoms with Crippen LogP contribution in [-0.2, 0) is 5.41 Å². The highest BCUT2D eigenvalue weighted by Gasteiger charge is 2.21. The molecule has 0 unspecified atom stereocenters. The van der Waals surface area contributed by atoms with Crippen molar-refractivity contribution in [3.63, 3.8) is 0 Å². The van der Waals surface area contributed by atoms with E-state index in [2.05, 4.69) is 6.07 Å². The first-order chi connectivity index (χ1) is 8.03. The molecule has 0 atom stereocenters. The van der Waals surface area contributed by atoms with Crippen LogP contribution in [0.1, 0.15) is 33.3 Å². The van der Waals surface area contributed by atoms with Crippen LogP contribution in [0.4, 0.5) is 0 Å². The van der Waals surface area contributed by atoms with Gasteiger partial charge in [0.1, 0.15) is 11.5 Å². The number of rotatable bonds is 3. The van der Waals surface area contributed by atoms with E-state index < -0.39 is 5.41 Å².